The summed E-state index contributed by atoms with van der Waals surface area (Å²) in [6.45, 7) is 8.30. The zero-order chi connectivity index (χ0) is 17.2. The molecular formula is C14H26N2O5S. The van der Waals surface area contributed by atoms with Crippen molar-refractivity contribution in [2.24, 2.45) is 0 Å². The van der Waals surface area contributed by atoms with E-state index in [4.69, 9.17) is 9.84 Å². The first-order valence-electron chi connectivity index (χ1n) is 7.20. The lowest BCUT2D eigenvalue weighted by atomic mass is 10.2. The van der Waals surface area contributed by atoms with Crippen molar-refractivity contribution >= 4 is 29.7 Å². The van der Waals surface area contributed by atoms with Gasteiger partial charge in [0.2, 0.25) is 5.91 Å². The largest absolute Gasteiger partial charge is 0.481 e. The Morgan fingerprint density at radius 1 is 1.27 bits per heavy atom. The number of hydrogen-bond acceptors (Lipinski definition) is 5. The van der Waals surface area contributed by atoms with Crippen LogP contribution >= 0.6 is 11.8 Å². The number of hydrogen-bond donors (Lipinski definition) is 2. The number of nitrogens with one attached hydrogen (secondary N) is 1. The fourth-order valence-corrected chi connectivity index (χ4v) is 2.23. The van der Waals surface area contributed by atoms with Crippen LogP contribution in [0.25, 0.3) is 0 Å². The van der Waals surface area contributed by atoms with Gasteiger partial charge in [0.1, 0.15) is 5.60 Å². The van der Waals surface area contributed by atoms with Crippen LogP contribution in [0.1, 0.15) is 34.1 Å². The van der Waals surface area contributed by atoms with E-state index in [0.717, 1.165) is 0 Å². The molecule has 0 spiro atoms. The minimum Gasteiger partial charge on any atom is -0.481 e. The van der Waals surface area contributed by atoms with Gasteiger partial charge in [-0.25, -0.2) is 4.79 Å². The Balaban J connectivity index is 3.83. The molecule has 0 aromatic carbocycles. The molecule has 0 aliphatic rings. The highest BCUT2D eigenvalue weighted by Crippen LogP contribution is 2.07. The van der Waals surface area contributed by atoms with Gasteiger partial charge in [-0.2, -0.15) is 11.8 Å². The Labute approximate surface area is 135 Å². The van der Waals surface area contributed by atoms with Crippen LogP contribution in [0.4, 0.5) is 4.79 Å². The van der Waals surface area contributed by atoms with Crippen molar-refractivity contribution in [3.63, 3.8) is 0 Å². The summed E-state index contributed by atoms with van der Waals surface area (Å²) in [6.07, 6.45) is -0.527. The summed E-state index contributed by atoms with van der Waals surface area (Å²) in [6, 6.07) is 0. The fourth-order valence-electron chi connectivity index (χ4n) is 1.48. The molecule has 0 saturated heterocycles. The molecule has 0 saturated carbocycles. The zero-order valence-corrected chi connectivity index (χ0v) is 14.5. The second-order valence-corrected chi connectivity index (χ2v) is 6.70. The summed E-state index contributed by atoms with van der Waals surface area (Å²) in [5.74, 6) is -0.156. The predicted octanol–water partition coefficient (Wildman–Crippen LogP) is 1.57. The highest BCUT2D eigenvalue weighted by atomic mass is 32.2. The summed E-state index contributed by atoms with van der Waals surface area (Å²) >= 11 is 1.39. The summed E-state index contributed by atoms with van der Waals surface area (Å²) in [4.78, 5) is 35.3. The lowest BCUT2D eigenvalue weighted by Crippen LogP contribution is -2.35. The summed E-state index contributed by atoms with van der Waals surface area (Å²) < 4.78 is 5.09. The van der Waals surface area contributed by atoms with Crippen LogP contribution in [0.2, 0.25) is 0 Å². The molecule has 0 aromatic rings. The van der Waals surface area contributed by atoms with E-state index in [0.29, 0.717) is 18.8 Å². The average Bonchev–Trinajstić information content (AvgIpc) is 2.36. The molecule has 0 rings (SSSR count). The van der Waals surface area contributed by atoms with E-state index in [1.54, 1.807) is 20.8 Å². The number of carboxylic acids is 1. The number of rotatable bonds is 9. The maximum atomic E-state index is 11.9. The molecule has 0 bridgehead atoms. The van der Waals surface area contributed by atoms with Crippen LogP contribution in [-0.2, 0) is 14.3 Å². The topological polar surface area (TPSA) is 95.9 Å². The van der Waals surface area contributed by atoms with Crippen molar-refractivity contribution < 1.29 is 24.2 Å². The molecule has 0 aliphatic heterocycles. The first-order chi connectivity index (χ1) is 10.2. The van der Waals surface area contributed by atoms with Crippen LogP contribution in [-0.4, -0.2) is 64.7 Å². The van der Waals surface area contributed by atoms with E-state index in [1.165, 1.54) is 16.7 Å². The van der Waals surface area contributed by atoms with Crippen molar-refractivity contribution in [3.05, 3.63) is 0 Å². The van der Waals surface area contributed by atoms with Gasteiger partial charge >= 0.3 is 12.1 Å². The van der Waals surface area contributed by atoms with Gasteiger partial charge in [0.25, 0.3) is 0 Å². The Morgan fingerprint density at radius 3 is 2.41 bits per heavy atom. The Kier molecular flexibility index (Phi) is 9.64. The number of nitrogens with zero attached hydrogens (tertiary/aromatic N) is 1. The molecule has 0 radical (unpaired) electrons. The van der Waals surface area contributed by atoms with Gasteiger partial charge in [-0.3, -0.25) is 9.59 Å². The second kappa shape index (κ2) is 10.3. The van der Waals surface area contributed by atoms with Crippen LogP contribution in [0.3, 0.4) is 0 Å². The van der Waals surface area contributed by atoms with Crippen LogP contribution in [0.5, 0.6) is 0 Å². The molecule has 0 aliphatic carbocycles. The van der Waals surface area contributed by atoms with Crippen LogP contribution < -0.4 is 5.32 Å². The number of carbonyl (C=O) groups excluding carboxylic acids is 2. The summed E-state index contributed by atoms with van der Waals surface area (Å²) in [5, 5.41) is 11.2. The minimum absolute atomic E-state index is 0.0511. The highest BCUT2D eigenvalue weighted by Gasteiger charge is 2.16. The van der Waals surface area contributed by atoms with Gasteiger partial charge in [-0.05, 0) is 27.7 Å². The number of carbonyl (C=O) groups is 3. The van der Waals surface area contributed by atoms with E-state index in [2.05, 4.69) is 5.32 Å². The van der Waals surface area contributed by atoms with Crippen molar-refractivity contribution in [1.82, 2.24) is 10.2 Å². The van der Waals surface area contributed by atoms with Gasteiger partial charge < -0.3 is 20.1 Å². The van der Waals surface area contributed by atoms with Crippen molar-refractivity contribution in [2.75, 3.05) is 31.1 Å². The van der Waals surface area contributed by atoms with Crippen LogP contribution in [0, 0.1) is 0 Å². The van der Waals surface area contributed by atoms with Crippen LogP contribution in [0.15, 0.2) is 0 Å². The molecule has 0 fully saturated rings. The Hall–Kier alpha value is -1.44. The molecule has 2 amide bonds. The molecule has 128 valence electrons. The summed E-state index contributed by atoms with van der Waals surface area (Å²) in [7, 11) is 0. The number of carboxylic acid groups (broad SMARTS) is 1. The van der Waals surface area contributed by atoms with Gasteiger partial charge in [-0.15, -0.1) is 0 Å². The first kappa shape index (κ1) is 20.6. The molecule has 2 N–H and O–H groups in total. The van der Waals surface area contributed by atoms with E-state index < -0.39 is 17.7 Å². The lowest BCUT2D eigenvalue weighted by Gasteiger charge is -2.20. The van der Waals surface area contributed by atoms with Gasteiger partial charge in [0.05, 0.1) is 12.2 Å². The quantitative estimate of drug-likeness (QED) is 0.621. The standard InChI is InChI=1S/C14H26N2O5S/c1-5-16(8-6-12(18)19)11(17)10-22-9-7-15-13(20)21-14(2,3)4/h5-10H2,1-4H3,(H,15,20)(H,18,19). The Bertz CT molecular complexity index is 382. The van der Waals surface area contributed by atoms with E-state index in [9.17, 15) is 14.4 Å². The predicted molar refractivity (Wildman–Crippen MR) is 86.1 cm³/mol. The normalized spacial score (nSPS) is 10.9. The number of alkyl carbamates (subject to hydrolysis) is 1. The minimum atomic E-state index is -0.916. The SMILES string of the molecule is CCN(CCC(=O)O)C(=O)CSCCNC(=O)OC(C)(C)C. The Morgan fingerprint density at radius 2 is 1.91 bits per heavy atom. The first-order valence-corrected chi connectivity index (χ1v) is 8.35. The van der Waals surface area contributed by atoms with E-state index in [-0.39, 0.29) is 24.6 Å². The third-order valence-corrected chi connectivity index (χ3v) is 3.41. The molecule has 22 heavy (non-hydrogen) atoms. The summed E-state index contributed by atoms with van der Waals surface area (Å²) in [5.41, 5.74) is -0.529. The number of thioether (sulfide) groups is 1. The van der Waals surface area contributed by atoms with Crippen molar-refractivity contribution in [3.8, 4) is 0 Å². The zero-order valence-electron chi connectivity index (χ0n) is 13.7. The van der Waals surface area contributed by atoms with Gasteiger partial charge in [0.15, 0.2) is 0 Å². The molecule has 0 unspecified atom stereocenters. The monoisotopic (exact) mass is 334 g/mol. The van der Waals surface area contributed by atoms with Gasteiger partial charge in [0, 0.05) is 25.4 Å². The molecule has 7 nitrogen and oxygen atoms in total. The number of ether oxygens (including phenoxy) is 1. The maximum Gasteiger partial charge on any atom is 0.407 e. The number of aliphatic carboxylic acids is 1. The molecule has 0 atom stereocenters. The third kappa shape index (κ3) is 11.2. The fraction of sp³-hybridized carbons (Fsp3) is 0.786. The van der Waals surface area contributed by atoms with Crippen molar-refractivity contribution in [2.45, 2.75) is 39.7 Å². The highest BCUT2D eigenvalue weighted by molar-refractivity contribution is 7.99. The second-order valence-electron chi connectivity index (χ2n) is 5.60. The average molecular weight is 334 g/mol. The molecular weight excluding hydrogens is 308 g/mol. The molecule has 8 heteroatoms. The maximum absolute atomic E-state index is 11.9. The lowest BCUT2D eigenvalue weighted by molar-refractivity contribution is -0.138. The van der Waals surface area contributed by atoms with E-state index in [1.807, 2.05) is 6.92 Å². The van der Waals surface area contributed by atoms with Gasteiger partial charge in [-0.1, -0.05) is 0 Å². The smallest absolute Gasteiger partial charge is 0.407 e. The third-order valence-electron chi connectivity index (χ3n) is 2.47. The molecule has 0 aromatic heterocycles. The number of amides is 2. The molecule has 0 heterocycles. The van der Waals surface area contributed by atoms with Crippen molar-refractivity contribution in [1.29, 1.82) is 0 Å². The van der Waals surface area contributed by atoms with E-state index >= 15 is 0 Å².